The molecule has 0 heterocycles. The second kappa shape index (κ2) is 1.82. The molecule has 0 fully saturated rings. The van der Waals surface area contributed by atoms with E-state index < -0.39 is 0 Å². The van der Waals surface area contributed by atoms with Crippen LogP contribution in [-0.4, -0.2) is 0 Å². The lowest BCUT2D eigenvalue weighted by atomic mass is 10.1. The van der Waals surface area contributed by atoms with Crippen LogP contribution in [0.3, 0.4) is 0 Å². The first-order valence-electron chi connectivity index (χ1n) is 1.84. The lowest BCUT2D eigenvalue weighted by molar-refractivity contribution is 0.938. The van der Waals surface area contributed by atoms with Gasteiger partial charge in [-0.05, 0) is 35.4 Å². The Kier molecular flexibility index (Phi) is 1.55. The first-order valence-corrected chi connectivity index (χ1v) is 3.71. The minimum atomic E-state index is 1.26. The largest absolute Gasteiger partial charge is 0.0549 e. The Balaban J connectivity index is 2.66. The van der Waals surface area contributed by atoms with E-state index in [0.29, 0.717) is 0 Å². The van der Waals surface area contributed by atoms with Gasteiger partial charge in [0.15, 0.2) is 0 Å². The smallest absolute Gasteiger partial charge is 0.00468 e. The number of rotatable bonds is 0. The van der Waals surface area contributed by atoms with E-state index in [9.17, 15) is 0 Å². The van der Waals surface area contributed by atoms with Crippen molar-refractivity contribution in [3.05, 3.63) is 8.06 Å². The van der Waals surface area contributed by atoms with Crippen LogP contribution in [0.4, 0.5) is 0 Å². The summed E-state index contributed by atoms with van der Waals surface area (Å²) in [4.78, 5) is 0. The van der Waals surface area contributed by atoms with Crippen molar-refractivity contribution in [1.82, 2.24) is 0 Å². The normalized spacial score (nSPS) is 21.0. The van der Waals surface area contributed by atoms with Gasteiger partial charge in [-0.15, -0.1) is 0 Å². The lowest BCUT2D eigenvalue weighted by Crippen LogP contribution is -1.88. The van der Waals surface area contributed by atoms with E-state index in [1.54, 1.807) is 0 Å². The monoisotopic (exact) mass is 258 g/mol. The molecular weight excluding hydrogens is 255 g/mol. The zero-order valence-electron chi connectivity index (χ0n) is 3.17. The second-order valence-corrected chi connectivity index (χ2v) is 3.57. The van der Waals surface area contributed by atoms with E-state index in [2.05, 4.69) is 38.5 Å². The number of halogens is 2. The molecule has 34 valence electrons. The Hall–Kier alpha value is 0.950. The highest BCUT2D eigenvalue weighted by Crippen LogP contribution is 2.36. The molecule has 0 radical (unpaired) electrons. The zero-order chi connectivity index (χ0) is 4.57. The number of hydrogen-bond donors (Lipinski definition) is 0. The Morgan fingerprint density at radius 3 is 2.00 bits per heavy atom. The number of hydrogen-bond acceptors (Lipinski definition) is 0. The van der Waals surface area contributed by atoms with Crippen molar-refractivity contribution < 1.29 is 0 Å². The predicted octanol–water partition coefficient (Wildman–Crippen LogP) is 2.82. The summed E-state index contributed by atoms with van der Waals surface area (Å²) >= 11 is 5.75. The topological polar surface area (TPSA) is 0 Å². The van der Waals surface area contributed by atoms with E-state index in [1.807, 2.05) is 0 Å². The molecule has 0 bridgehead atoms. The van der Waals surface area contributed by atoms with Crippen LogP contribution in [0.5, 0.6) is 0 Å². The molecule has 0 saturated heterocycles. The molecule has 1 rings (SSSR count). The second-order valence-electron chi connectivity index (χ2n) is 1.31. The van der Waals surface area contributed by atoms with Gasteiger partial charge in [0, 0.05) is 8.06 Å². The van der Waals surface area contributed by atoms with Crippen molar-refractivity contribution in [3.63, 3.8) is 0 Å². The van der Waals surface area contributed by atoms with Crippen LogP contribution in [0.15, 0.2) is 8.06 Å². The molecule has 0 saturated carbocycles. The Morgan fingerprint density at radius 2 is 2.00 bits per heavy atom. The van der Waals surface area contributed by atoms with Crippen molar-refractivity contribution in [2.45, 2.75) is 12.8 Å². The number of allylic oxidation sites excluding steroid dienone is 2. The van der Waals surface area contributed by atoms with Gasteiger partial charge in [-0.2, -0.15) is 0 Å². The van der Waals surface area contributed by atoms with Gasteiger partial charge in [0.25, 0.3) is 0 Å². The van der Waals surface area contributed by atoms with Gasteiger partial charge in [-0.3, -0.25) is 0 Å². The average molecular weight is 259 g/mol. The molecule has 0 spiro atoms. The summed E-state index contributed by atoms with van der Waals surface area (Å²) in [6.07, 6.45) is 2.55. The fourth-order valence-electron chi connectivity index (χ4n) is 0.314. The van der Waals surface area contributed by atoms with Crippen molar-refractivity contribution in [2.75, 3.05) is 0 Å². The molecule has 0 aliphatic heterocycles. The van der Waals surface area contributed by atoms with Crippen molar-refractivity contribution in [1.29, 1.82) is 0 Å². The lowest BCUT2D eigenvalue weighted by Gasteiger charge is -2.11. The van der Waals surface area contributed by atoms with Crippen LogP contribution in [0.25, 0.3) is 0 Å². The fraction of sp³-hybridized carbons (Fsp3) is 0.500. The van der Waals surface area contributed by atoms with Gasteiger partial charge in [0.05, 0.1) is 0 Å². The SMILES string of the molecule is BrC1=C(I)CC1. The molecule has 0 aromatic rings. The molecule has 2 heteroatoms. The zero-order valence-corrected chi connectivity index (χ0v) is 6.91. The molecule has 6 heavy (non-hydrogen) atoms. The maximum Gasteiger partial charge on any atom is 0.00468 e. The van der Waals surface area contributed by atoms with E-state index >= 15 is 0 Å². The average Bonchev–Trinajstić information content (AvgIpc) is 1.61. The Labute approximate surface area is 59.3 Å². The van der Waals surface area contributed by atoms with Gasteiger partial charge in [-0.25, -0.2) is 0 Å². The maximum atomic E-state index is 3.40. The maximum absolute atomic E-state index is 3.40. The summed E-state index contributed by atoms with van der Waals surface area (Å²) < 4.78 is 2.90. The third-order valence-corrected chi connectivity index (χ3v) is 3.67. The van der Waals surface area contributed by atoms with Crippen LogP contribution in [0, 0.1) is 0 Å². The molecule has 1 aliphatic rings. The minimum Gasteiger partial charge on any atom is -0.0549 e. The van der Waals surface area contributed by atoms with E-state index in [1.165, 1.54) is 20.9 Å². The van der Waals surface area contributed by atoms with Crippen molar-refractivity contribution in [2.24, 2.45) is 0 Å². The molecule has 0 nitrogen and oxygen atoms in total. The summed E-state index contributed by atoms with van der Waals surface area (Å²) in [5.74, 6) is 0. The molecule has 0 unspecified atom stereocenters. The molecule has 0 amide bonds. The molecule has 0 atom stereocenters. The first-order chi connectivity index (χ1) is 2.80. The van der Waals surface area contributed by atoms with Crippen LogP contribution in [0.2, 0.25) is 0 Å². The molecule has 1 aliphatic carbocycles. The third kappa shape index (κ3) is 0.780. The van der Waals surface area contributed by atoms with Gasteiger partial charge in [0.2, 0.25) is 0 Å². The predicted molar refractivity (Wildman–Crippen MR) is 39.2 cm³/mol. The highest BCUT2D eigenvalue weighted by molar-refractivity contribution is 14.1. The van der Waals surface area contributed by atoms with Gasteiger partial charge < -0.3 is 0 Å². The highest BCUT2D eigenvalue weighted by atomic mass is 127. The molecule has 0 aromatic carbocycles. The summed E-state index contributed by atoms with van der Waals surface area (Å²) in [6.45, 7) is 0. The van der Waals surface area contributed by atoms with Gasteiger partial charge >= 0.3 is 0 Å². The first kappa shape index (κ1) is 5.09. The molecular formula is C4H4BrI. The third-order valence-electron chi connectivity index (χ3n) is 0.858. The summed E-state index contributed by atoms with van der Waals surface area (Å²) in [5, 5.41) is 0. The van der Waals surface area contributed by atoms with Crippen molar-refractivity contribution in [3.8, 4) is 0 Å². The van der Waals surface area contributed by atoms with E-state index in [-0.39, 0.29) is 0 Å². The van der Waals surface area contributed by atoms with E-state index in [4.69, 9.17) is 0 Å². The van der Waals surface area contributed by atoms with Crippen molar-refractivity contribution >= 4 is 38.5 Å². The molecule has 0 N–H and O–H groups in total. The summed E-state index contributed by atoms with van der Waals surface area (Å²) in [6, 6.07) is 0. The summed E-state index contributed by atoms with van der Waals surface area (Å²) in [7, 11) is 0. The van der Waals surface area contributed by atoms with Crippen LogP contribution >= 0.6 is 38.5 Å². The van der Waals surface area contributed by atoms with E-state index in [0.717, 1.165) is 0 Å². The van der Waals surface area contributed by atoms with Crippen LogP contribution in [-0.2, 0) is 0 Å². The van der Waals surface area contributed by atoms with Gasteiger partial charge in [0.1, 0.15) is 0 Å². The summed E-state index contributed by atoms with van der Waals surface area (Å²) in [5.41, 5.74) is 0. The quantitative estimate of drug-likeness (QED) is 0.587. The fourth-order valence-corrected chi connectivity index (χ4v) is 1.25. The minimum absolute atomic E-state index is 1.26. The molecule has 0 aromatic heterocycles. The Morgan fingerprint density at radius 1 is 1.50 bits per heavy atom. The van der Waals surface area contributed by atoms with Crippen LogP contribution in [0.1, 0.15) is 12.8 Å². The van der Waals surface area contributed by atoms with Crippen LogP contribution < -0.4 is 0 Å². The standard InChI is InChI=1S/C4H4BrI/c5-3-1-2-4(3)6/h1-2H2. The van der Waals surface area contributed by atoms with Gasteiger partial charge in [-0.1, -0.05) is 15.9 Å². The Bertz CT molecular complexity index is 83.7. The highest BCUT2D eigenvalue weighted by Gasteiger charge is 2.09.